The highest BCUT2D eigenvalue weighted by molar-refractivity contribution is 7.97. The van der Waals surface area contributed by atoms with Gasteiger partial charge < -0.3 is 4.90 Å². The van der Waals surface area contributed by atoms with Crippen LogP contribution in [-0.4, -0.2) is 29.8 Å². The van der Waals surface area contributed by atoms with Crippen LogP contribution >= 0.6 is 11.9 Å². The molecule has 0 bridgehead atoms. The van der Waals surface area contributed by atoms with E-state index in [9.17, 15) is 0 Å². The molecule has 2 nitrogen and oxygen atoms in total. The number of nitrogens with zero attached hydrogens (tertiary/aromatic N) is 1. The van der Waals surface area contributed by atoms with E-state index in [0.29, 0.717) is 6.04 Å². The zero-order valence-corrected chi connectivity index (χ0v) is 8.66. The van der Waals surface area contributed by atoms with Crippen molar-refractivity contribution in [2.45, 2.75) is 33.2 Å². The van der Waals surface area contributed by atoms with Crippen molar-refractivity contribution in [3.8, 4) is 0 Å². The number of hydrogen-bond acceptors (Lipinski definition) is 3. The Morgan fingerprint density at radius 1 is 1.45 bits per heavy atom. The minimum atomic E-state index is 0.669. The van der Waals surface area contributed by atoms with Gasteiger partial charge in [0, 0.05) is 11.8 Å². The van der Waals surface area contributed by atoms with E-state index in [0.717, 1.165) is 12.3 Å². The van der Waals surface area contributed by atoms with Crippen LogP contribution in [0.5, 0.6) is 0 Å². The fourth-order valence-electron chi connectivity index (χ4n) is 1.13. The molecule has 0 radical (unpaired) electrons. The lowest BCUT2D eigenvalue weighted by atomic mass is 10.3. The molecular weight excluding hydrogens is 156 g/mol. The summed E-state index contributed by atoms with van der Waals surface area (Å²) in [6.45, 7) is 9.00. The fraction of sp³-hybridized carbons (Fsp3) is 1.00. The summed E-state index contributed by atoms with van der Waals surface area (Å²) in [7, 11) is 0. The largest absolute Gasteiger partial charge is 0.301 e. The molecule has 68 valence electrons. The summed E-state index contributed by atoms with van der Waals surface area (Å²) in [5.74, 6) is 1.07. The van der Waals surface area contributed by atoms with Gasteiger partial charge in [-0.3, -0.25) is 5.14 Å². The lowest BCUT2D eigenvalue weighted by Gasteiger charge is -2.24. The number of hydrogen-bond donors (Lipinski definition) is 1. The Labute approximate surface area is 74.7 Å². The normalized spacial score (nSPS) is 11.5. The van der Waals surface area contributed by atoms with Gasteiger partial charge in [-0.15, -0.1) is 0 Å². The molecule has 0 aromatic heterocycles. The topological polar surface area (TPSA) is 29.3 Å². The van der Waals surface area contributed by atoms with Crippen molar-refractivity contribution < 1.29 is 0 Å². The summed E-state index contributed by atoms with van der Waals surface area (Å²) in [5.41, 5.74) is 0. The first-order valence-electron chi connectivity index (χ1n) is 4.28. The van der Waals surface area contributed by atoms with E-state index in [1.807, 2.05) is 0 Å². The molecule has 0 saturated heterocycles. The molecule has 0 rings (SSSR count). The Balaban J connectivity index is 3.36. The highest BCUT2D eigenvalue weighted by atomic mass is 32.2. The van der Waals surface area contributed by atoms with Crippen LogP contribution in [0.1, 0.15) is 27.2 Å². The SMILES string of the molecule is CCN(CCCSN)C(C)C. The molecule has 2 N–H and O–H groups in total. The van der Waals surface area contributed by atoms with Gasteiger partial charge in [-0.05, 0) is 33.4 Å². The third-order valence-corrected chi connectivity index (χ3v) is 2.37. The Morgan fingerprint density at radius 3 is 2.45 bits per heavy atom. The van der Waals surface area contributed by atoms with Gasteiger partial charge in [0.25, 0.3) is 0 Å². The van der Waals surface area contributed by atoms with Crippen molar-refractivity contribution >= 4 is 11.9 Å². The van der Waals surface area contributed by atoms with E-state index in [2.05, 4.69) is 25.7 Å². The first-order valence-corrected chi connectivity index (χ1v) is 5.33. The fourth-order valence-corrected chi connectivity index (χ4v) is 1.43. The van der Waals surface area contributed by atoms with Crippen LogP contribution in [0.25, 0.3) is 0 Å². The van der Waals surface area contributed by atoms with Gasteiger partial charge in [-0.25, -0.2) is 0 Å². The average Bonchev–Trinajstić information content (AvgIpc) is 1.97. The summed E-state index contributed by atoms with van der Waals surface area (Å²) in [5, 5.41) is 5.33. The zero-order valence-electron chi connectivity index (χ0n) is 7.84. The van der Waals surface area contributed by atoms with Crippen LogP contribution in [0.2, 0.25) is 0 Å². The maximum Gasteiger partial charge on any atom is 0.00886 e. The van der Waals surface area contributed by atoms with Gasteiger partial charge in [0.2, 0.25) is 0 Å². The van der Waals surface area contributed by atoms with Crippen molar-refractivity contribution in [1.29, 1.82) is 0 Å². The van der Waals surface area contributed by atoms with Crippen LogP contribution in [0, 0.1) is 0 Å². The molecule has 0 aliphatic carbocycles. The highest BCUT2D eigenvalue weighted by Crippen LogP contribution is 2.00. The molecule has 0 amide bonds. The summed E-state index contributed by atoms with van der Waals surface area (Å²) in [4.78, 5) is 2.45. The number of rotatable bonds is 6. The summed E-state index contributed by atoms with van der Waals surface area (Å²) < 4.78 is 0. The zero-order chi connectivity index (χ0) is 8.69. The maximum atomic E-state index is 5.33. The smallest absolute Gasteiger partial charge is 0.00886 e. The Morgan fingerprint density at radius 2 is 2.09 bits per heavy atom. The van der Waals surface area contributed by atoms with Crippen LogP contribution in [0.4, 0.5) is 0 Å². The second-order valence-electron chi connectivity index (χ2n) is 2.95. The second-order valence-corrected chi connectivity index (χ2v) is 3.69. The van der Waals surface area contributed by atoms with Gasteiger partial charge in [-0.1, -0.05) is 18.9 Å². The van der Waals surface area contributed by atoms with Crippen LogP contribution in [-0.2, 0) is 0 Å². The maximum absolute atomic E-state index is 5.33. The first-order chi connectivity index (χ1) is 5.22. The van der Waals surface area contributed by atoms with Crippen molar-refractivity contribution in [1.82, 2.24) is 4.90 Å². The monoisotopic (exact) mass is 176 g/mol. The molecule has 0 aliphatic rings. The predicted octanol–water partition coefficient (Wildman–Crippen LogP) is 1.71. The molecular formula is C8H20N2S. The van der Waals surface area contributed by atoms with Crippen molar-refractivity contribution in [3.63, 3.8) is 0 Å². The van der Waals surface area contributed by atoms with E-state index in [1.165, 1.54) is 24.9 Å². The molecule has 0 unspecified atom stereocenters. The van der Waals surface area contributed by atoms with Gasteiger partial charge in [0.15, 0.2) is 0 Å². The molecule has 0 aromatic rings. The van der Waals surface area contributed by atoms with E-state index in [1.54, 1.807) is 0 Å². The predicted molar refractivity (Wildman–Crippen MR) is 53.6 cm³/mol. The van der Waals surface area contributed by atoms with E-state index in [4.69, 9.17) is 5.14 Å². The molecule has 0 spiro atoms. The van der Waals surface area contributed by atoms with Crippen molar-refractivity contribution in [3.05, 3.63) is 0 Å². The van der Waals surface area contributed by atoms with Gasteiger partial charge in [0.05, 0.1) is 0 Å². The summed E-state index contributed by atoms with van der Waals surface area (Å²) in [6.07, 6.45) is 1.20. The minimum Gasteiger partial charge on any atom is -0.301 e. The lowest BCUT2D eigenvalue weighted by Crippen LogP contribution is -2.31. The van der Waals surface area contributed by atoms with Crippen LogP contribution in [0.3, 0.4) is 0 Å². The molecule has 0 aliphatic heterocycles. The van der Waals surface area contributed by atoms with Crippen LogP contribution < -0.4 is 5.14 Å². The molecule has 11 heavy (non-hydrogen) atoms. The molecule has 0 aromatic carbocycles. The Hall–Kier alpha value is 0.270. The number of nitrogens with two attached hydrogens (primary N) is 1. The average molecular weight is 176 g/mol. The van der Waals surface area contributed by atoms with Crippen molar-refractivity contribution in [2.24, 2.45) is 5.14 Å². The van der Waals surface area contributed by atoms with Crippen molar-refractivity contribution in [2.75, 3.05) is 18.8 Å². The molecule has 0 fully saturated rings. The molecule has 0 atom stereocenters. The highest BCUT2D eigenvalue weighted by Gasteiger charge is 2.04. The summed E-state index contributed by atoms with van der Waals surface area (Å²) in [6, 6.07) is 0.669. The third-order valence-electron chi connectivity index (χ3n) is 1.84. The second kappa shape index (κ2) is 6.95. The molecule has 0 saturated carbocycles. The van der Waals surface area contributed by atoms with Gasteiger partial charge in [-0.2, -0.15) is 0 Å². The van der Waals surface area contributed by atoms with Crippen LogP contribution in [0.15, 0.2) is 0 Å². The molecule has 0 heterocycles. The quantitative estimate of drug-likeness (QED) is 0.493. The molecule has 3 heteroatoms. The Kier molecular flexibility index (Phi) is 7.12. The lowest BCUT2D eigenvalue weighted by molar-refractivity contribution is 0.235. The summed E-state index contributed by atoms with van der Waals surface area (Å²) >= 11 is 1.44. The van der Waals surface area contributed by atoms with E-state index < -0.39 is 0 Å². The first kappa shape index (κ1) is 11.3. The standard InChI is InChI=1S/C8H20N2S/c1-4-10(8(2)3)6-5-7-11-9/h8H,4-7,9H2,1-3H3. The Bertz CT molecular complexity index is 86.2. The van der Waals surface area contributed by atoms with E-state index in [-0.39, 0.29) is 0 Å². The van der Waals surface area contributed by atoms with Gasteiger partial charge >= 0.3 is 0 Å². The van der Waals surface area contributed by atoms with Gasteiger partial charge in [0.1, 0.15) is 0 Å². The third kappa shape index (κ3) is 5.53. The minimum absolute atomic E-state index is 0.669. The van der Waals surface area contributed by atoms with E-state index >= 15 is 0 Å².